The maximum atomic E-state index is 13.3. The topological polar surface area (TPSA) is 83.5 Å². The third kappa shape index (κ3) is 6.73. The number of carboxylic acid groups (broad SMARTS) is 1. The summed E-state index contributed by atoms with van der Waals surface area (Å²) >= 11 is 0. The van der Waals surface area contributed by atoms with E-state index in [4.69, 9.17) is 0 Å². The van der Waals surface area contributed by atoms with E-state index in [0.717, 1.165) is 29.3 Å². The van der Waals surface area contributed by atoms with Gasteiger partial charge in [-0.15, -0.1) is 0 Å². The third-order valence-corrected chi connectivity index (χ3v) is 5.89. The zero-order valence-electron chi connectivity index (χ0n) is 19.7. The predicted molar refractivity (Wildman–Crippen MR) is 136 cm³/mol. The molecule has 4 aromatic rings. The van der Waals surface area contributed by atoms with E-state index in [1.807, 2.05) is 0 Å². The molecule has 7 heteroatoms. The van der Waals surface area contributed by atoms with E-state index in [-0.39, 0.29) is 24.2 Å². The van der Waals surface area contributed by atoms with Gasteiger partial charge < -0.3 is 10.4 Å². The van der Waals surface area contributed by atoms with Crippen LogP contribution in [0, 0.1) is 11.6 Å². The largest absolute Gasteiger partial charge is 0.481 e. The van der Waals surface area contributed by atoms with Gasteiger partial charge in [-0.05, 0) is 46.5 Å². The molecule has 186 valence electrons. The van der Waals surface area contributed by atoms with Crippen molar-refractivity contribution in [3.63, 3.8) is 0 Å². The Balaban J connectivity index is 1.38. The van der Waals surface area contributed by atoms with Gasteiger partial charge >= 0.3 is 5.97 Å². The van der Waals surface area contributed by atoms with E-state index in [9.17, 15) is 28.3 Å². The second kappa shape index (κ2) is 11.4. The van der Waals surface area contributed by atoms with Crippen LogP contribution in [0.25, 0.3) is 11.1 Å². The monoisotopic (exact) mass is 499 g/mol. The molecule has 0 aliphatic heterocycles. The number of halogens is 2. The maximum absolute atomic E-state index is 13.3. The third-order valence-electron chi connectivity index (χ3n) is 5.89. The zero-order valence-corrected chi connectivity index (χ0v) is 19.7. The van der Waals surface area contributed by atoms with Crippen molar-refractivity contribution in [2.24, 2.45) is 0 Å². The van der Waals surface area contributed by atoms with Gasteiger partial charge in [-0.2, -0.15) is 0 Å². The summed E-state index contributed by atoms with van der Waals surface area (Å²) in [6.07, 6.45) is -0.311. The molecule has 0 aromatic heterocycles. The van der Waals surface area contributed by atoms with Crippen molar-refractivity contribution in [3.8, 4) is 11.1 Å². The number of carboxylic acids is 1. The highest BCUT2D eigenvalue weighted by molar-refractivity contribution is 5.99. The quantitative estimate of drug-likeness (QED) is 0.267. The summed E-state index contributed by atoms with van der Waals surface area (Å²) < 4.78 is 26.6. The number of carbonyl (C=O) groups is 3. The zero-order chi connectivity index (χ0) is 26.4. The lowest BCUT2D eigenvalue weighted by Crippen LogP contribution is -2.16. The first kappa shape index (κ1) is 25.4. The minimum atomic E-state index is -1.05. The minimum Gasteiger partial charge on any atom is -0.481 e. The fourth-order valence-corrected chi connectivity index (χ4v) is 4.03. The number of hydrogen-bond donors (Lipinski definition) is 2. The van der Waals surface area contributed by atoms with Crippen molar-refractivity contribution in [1.82, 2.24) is 0 Å². The second-order valence-corrected chi connectivity index (χ2v) is 8.59. The molecule has 37 heavy (non-hydrogen) atoms. The molecule has 0 aliphatic carbocycles. The molecular formula is C30H23F2NO4. The lowest BCUT2D eigenvalue weighted by Gasteiger charge is -2.12. The Morgan fingerprint density at radius 2 is 1.32 bits per heavy atom. The van der Waals surface area contributed by atoms with Gasteiger partial charge in [0.05, 0.1) is 12.3 Å². The number of rotatable bonds is 9. The first-order chi connectivity index (χ1) is 17.8. The van der Waals surface area contributed by atoms with Crippen LogP contribution in [0.5, 0.6) is 0 Å². The second-order valence-electron chi connectivity index (χ2n) is 8.59. The van der Waals surface area contributed by atoms with Crippen LogP contribution in [0.4, 0.5) is 14.5 Å². The van der Waals surface area contributed by atoms with Crippen molar-refractivity contribution in [3.05, 3.63) is 125 Å². The molecule has 0 heterocycles. The summed E-state index contributed by atoms with van der Waals surface area (Å²) in [5.74, 6) is -4.12. The molecule has 0 saturated carbocycles. The van der Waals surface area contributed by atoms with E-state index in [1.165, 1.54) is 0 Å². The smallest absolute Gasteiger partial charge is 0.311 e. The molecule has 0 saturated heterocycles. The number of aliphatic carboxylic acids is 1. The summed E-state index contributed by atoms with van der Waals surface area (Å²) in [5, 5.41) is 12.3. The molecule has 0 radical (unpaired) electrons. The Labute approximate surface area is 212 Å². The minimum absolute atomic E-state index is 0.143. The fraction of sp³-hybridized carbons (Fsp3) is 0.100. The van der Waals surface area contributed by atoms with Crippen molar-refractivity contribution >= 4 is 23.3 Å². The lowest BCUT2D eigenvalue weighted by atomic mass is 9.91. The number of carbonyl (C=O) groups excluding carboxylic acids is 2. The fourth-order valence-electron chi connectivity index (χ4n) is 4.03. The summed E-state index contributed by atoms with van der Waals surface area (Å²) in [7, 11) is 0. The number of ketones is 1. The SMILES string of the molecule is O=C(Cc1cc(F)cc(F)c1)Nc1ccc(-c2ccc(C(=O)CC(C(=O)O)c3ccccc3)cc2)cc1. The van der Waals surface area contributed by atoms with Crippen LogP contribution < -0.4 is 5.32 Å². The van der Waals surface area contributed by atoms with E-state index in [1.54, 1.807) is 78.9 Å². The molecule has 5 nitrogen and oxygen atoms in total. The van der Waals surface area contributed by atoms with Crippen LogP contribution in [-0.2, 0) is 16.0 Å². The number of hydrogen-bond acceptors (Lipinski definition) is 3. The van der Waals surface area contributed by atoms with E-state index in [2.05, 4.69) is 5.32 Å². The Kier molecular flexibility index (Phi) is 7.83. The van der Waals surface area contributed by atoms with Crippen LogP contribution in [0.3, 0.4) is 0 Å². The maximum Gasteiger partial charge on any atom is 0.311 e. The van der Waals surface area contributed by atoms with Gasteiger partial charge in [0, 0.05) is 23.7 Å². The molecule has 0 aliphatic rings. The summed E-state index contributed by atoms with van der Waals surface area (Å²) in [6, 6.07) is 25.5. The summed E-state index contributed by atoms with van der Waals surface area (Å²) in [4.78, 5) is 36.7. The summed E-state index contributed by atoms with van der Waals surface area (Å²) in [5.41, 5.74) is 3.44. The molecule has 4 rings (SSSR count). The summed E-state index contributed by atoms with van der Waals surface area (Å²) in [6.45, 7) is 0. The van der Waals surface area contributed by atoms with Crippen molar-refractivity contribution in [2.75, 3.05) is 5.32 Å². The van der Waals surface area contributed by atoms with Crippen LogP contribution in [0.2, 0.25) is 0 Å². The van der Waals surface area contributed by atoms with Gasteiger partial charge in [0.25, 0.3) is 0 Å². The highest BCUT2D eigenvalue weighted by Gasteiger charge is 2.23. The van der Waals surface area contributed by atoms with Gasteiger partial charge in [-0.3, -0.25) is 14.4 Å². The number of benzene rings is 4. The average Bonchev–Trinajstić information content (AvgIpc) is 2.87. The predicted octanol–water partition coefficient (Wildman–Crippen LogP) is 6.25. The molecule has 1 amide bonds. The average molecular weight is 500 g/mol. The van der Waals surface area contributed by atoms with Gasteiger partial charge in [0.15, 0.2) is 5.78 Å². The Hall–Kier alpha value is -4.65. The highest BCUT2D eigenvalue weighted by atomic mass is 19.1. The van der Waals surface area contributed by atoms with E-state index >= 15 is 0 Å². The molecule has 1 unspecified atom stereocenters. The van der Waals surface area contributed by atoms with Crippen LogP contribution in [0.15, 0.2) is 97.1 Å². The van der Waals surface area contributed by atoms with Gasteiger partial charge in [0.1, 0.15) is 11.6 Å². The Morgan fingerprint density at radius 3 is 1.89 bits per heavy atom. The van der Waals surface area contributed by atoms with Crippen molar-refractivity contribution in [2.45, 2.75) is 18.8 Å². The van der Waals surface area contributed by atoms with Crippen LogP contribution in [0.1, 0.15) is 33.8 Å². The first-order valence-corrected chi connectivity index (χ1v) is 11.5. The van der Waals surface area contributed by atoms with E-state index in [0.29, 0.717) is 16.8 Å². The number of amides is 1. The van der Waals surface area contributed by atoms with Crippen molar-refractivity contribution < 1.29 is 28.3 Å². The van der Waals surface area contributed by atoms with Gasteiger partial charge in [-0.25, -0.2) is 8.78 Å². The molecule has 2 N–H and O–H groups in total. The normalized spacial score (nSPS) is 11.5. The molecule has 0 spiro atoms. The molecular weight excluding hydrogens is 476 g/mol. The lowest BCUT2D eigenvalue weighted by molar-refractivity contribution is -0.138. The number of Topliss-reactive ketones (excluding diaryl/α,β-unsaturated/α-hetero) is 1. The van der Waals surface area contributed by atoms with Crippen molar-refractivity contribution in [1.29, 1.82) is 0 Å². The number of nitrogens with one attached hydrogen (secondary N) is 1. The van der Waals surface area contributed by atoms with Crippen LogP contribution in [-0.4, -0.2) is 22.8 Å². The standard InChI is InChI=1S/C30H23F2NO4/c31-24-14-19(15-25(32)17-24)16-29(35)33-26-12-10-21(11-13-26)20-6-8-23(9-7-20)28(34)18-27(30(36)37)22-4-2-1-3-5-22/h1-15,17,27H,16,18H2,(H,33,35)(H,36,37). The van der Waals surface area contributed by atoms with Crippen LogP contribution >= 0.6 is 0 Å². The molecule has 0 bridgehead atoms. The first-order valence-electron chi connectivity index (χ1n) is 11.5. The van der Waals surface area contributed by atoms with E-state index < -0.39 is 29.4 Å². The molecule has 1 atom stereocenters. The van der Waals surface area contributed by atoms with Gasteiger partial charge in [0.2, 0.25) is 5.91 Å². The Morgan fingerprint density at radius 1 is 0.757 bits per heavy atom. The van der Waals surface area contributed by atoms with Gasteiger partial charge in [-0.1, -0.05) is 66.7 Å². The highest BCUT2D eigenvalue weighted by Crippen LogP contribution is 2.25. The Bertz CT molecular complexity index is 1400. The molecule has 0 fully saturated rings. The number of anilines is 1. The molecule has 4 aromatic carbocycles.